The van der Waals surface area contributed by atoms with E-state index in [-0.39, 0.29) is 22.5 Å². The van der Waals surface area contributed by atoms with E-state index in [2.05, 4.69) is 31.1 Å². The maximum atomic E-state index is 13.8. The van der Waals surface area contributed by atoms with Gasteiger partial charge in [-0.2, -0.15) is 0 Å². The molecule has 0 spiro atoms. The van der Waals surface area contributed by atoms with Crippen LogP contribution in [0.5, 0.6) is 0 Å². The average molecular weight is 394 g/mol. The van der Waals surface area contributed by atoms with Crippen LogP contribution in [-0.4, -0.2) is 21.4 Å². The molecule has 1 heterocycles. The fourth-order valence-electron chi connectivity index (χ4n) is 2.98. The Bertz CT molecular complexity index is 1050. The number of imidazole rings is 1. The smallest absolute Gasteiger partial charge is 0.269 e. The van der Waals surface area contributed by atoms with Crippen molar-refractivity contribution in [1.29, 1.82) is 0 Å². The number of hydrogen-bond acceptors (Lipinski definition) is 3. The summed E-state index contributed by atoms with van der Waals surface area (Å²) in [6.45, 7) is 6.75. The molecule has 7 heteroatoms. The van der Waals surface area contributed by atoms with Gasteiger partial charge in [0.1, 0.15) is 5.82 Å². The minimum Gasteiger partial charge on any atom is -0.364 e. The summed E-state index contributed by atoms with van der Waals surface area (Å²) in [6.07, 6.45) is 1.43. The summed E-state index contributed by atoms with van der Waals surface area (Å²) in [5, 5.41) is 2.47. The van der Waals surface area contributed by atoms with Crippen LogP contribution in [0.1, 0.15) is 52.7 Å². The Morgan fingerprint density at radius 2 is 1.76 bits per heavy atom. The van der Waals surface area contributed by atoms with Crippen molar-refractivity contribution < 1.29 is 14.0 Å². The molecular weight excluding hydrogens is 371 g/mol. The van der Waals surface area contributed by atoms with E-state index in [1.165, 1.54) is 30.1 Å². The average Bonchev–Trinajstić information content (AvgIpc) is 3.04. The number of nitrogens with two attached hydrogens (primary N) is 1. The number of hydrogen-bond donors (Lipinski definition) is 2. The molecule has 0 aliphatic rings. The third kappa shape index (κ3) is 4.51. The standard InChI is InChI=1S/C22H23FN4O2/c1-22(2,3)15-10-8-14(9-11-15)12-27-13-25-20(18(27)19(24)28)26-21(29)16-6-4-5-7-17(16)23/h4-11,13H,12H2,1-3H3,(H2,24,28)(H,26,29). The van der Waals surface area contributed by atoms with Gasteiger partial charge in [0, 0.05) is 6.54 Å². The number of primary amides is 1. The molecule has 0 radical (unpaired) electrons. The van der Waals surface area contributed by atoms with Gasteiger partial charge in [-0.15, -0.1) is 0 Å². The van der Waals surface area contributed by atoms with Crippen LogP contribution < -0.4 is 11.1 Å². The Labute approximate surface area is 168 Å². The van der Waals surface area contributed by atoms with E-state index < -0.39 is 17.6 Å². The van der Waals surface area contributed by atoms with E-state index in [1.807, 2.05) is 24.3 Å². The number of nitrogens with one attached hydrogen (secondary N) is 1. The molecule has 0 aliphatic carbocycles. The van der Waals surface area contributed by atoms with Gasteiger partial charge in [-0.25, -0.2) is 9.37 Å². The molecule has 0 atom stereocenters. The van der Waals surface area contributed by atoms with Crippen LogP contribution in [0.3, 0.4) is 0 Å². The molecule has 3 N–H and O–H groups in total. The van der Waals surface area contributed by atoms with Crippen molar-refractivity contribution in [1.82, 2.24) is 9.55 Å². The molecule has 3 aromatic rings. The Morgan fingerprint density at radius 1 is 1.10 bits per heavy atom. The van der Waals surface area contributed by atoms with Crippen LogP contribution in [0.4, 0.5) is 10.2 Å². The molecule has 29 heavy (non-hydrogen) atoms. The van der Waals surface area contributed by atoms with Crippen LogP contribution in [0, 0.1) is 5.82 Å². The maximum Gasteiger partial charge on any atom is 0.269 e. The molecule has 0 fully saturated rings. The Balaban J connectivity index is 1.85. The van der Waals surface area contributed by atoms with Crippen LogP contribution in [0.2, 0.25) is 0 Å². The van der Waals surface area contributed by atoms with Gasteiger partial charge in [0.25, 0.3) is 11.8 Å². The molecule has 1 aromatic heterocycles. The number of rotatable bonds is 5. The first kappa shape index (κ1) is 20.3. The quantitative estimate of drug-likeness (QED) is 0.691. The first-order chi connectivity index (χ1) is 13.7. The molecule has 0 saturated carbocycles. The van der Waals surface area contributed by atoms with Crippen molar-refractivity contribution in [3.05, 3.63) is 83.1 Å². The van der Waals surface area contributed by atoms with Gasteiger partial charge in [0.05, 0.1) is 11.9 Å². The summed E-state index contributed by atoms with van der Waals surface area (Å²) in [6, 6.07) is 13.6. The predicted molar refractivity (Wildman–Crippen MR) is 109 cm³/mol. The monoisotopic (exact) mass is 394 g/mol. The third-order valence-electron chi connectivity index (χ3n) is 4.59. The van der Waals surface area contributed by atoms with Crippen LogP contribution >= 0.6 is 0 Å². The van der Waals surface area contributed by atoms with Crippen molar-refractivity contribution in [3.8, 4) is 0 Å². The van der Waals surface area contributed by atoms with Crippen molar-refractivity contribution >= 4 is 17.6 Å². The fourth-order valence-corrected chi connectivity index (χ4v) is 2.98. The summed E-state index contributed by atoms with van der Waals surface area (Å²) in [4.78, 5) is 28.4. The van der Waals surface area contributed by atoms with Crippen molar-refractivity contribution in [2.45, 2.75) is 32.7 Å². The van der Waals surface area contributed by atoms with Crippen molar-refractivity contribution in [3.63, 3.8) is 0 Å². The number of benzene rings is 2. The highest BCUT2D eigenvalue weighted by atomic mass is 19.1. The molecule has 0 aliphatic heterocycles. The summed E-state index contributed by atoms with van der Waals surface area (Å²) in [7, 11) is 0. The van der Waals surface area contributed by atoms with Gasteiger partial charge in [-0.3, -0.25) is 9.59 Å². The second-order valence-electron chi connectivity index (χ2n) is 7.81. The summed E-state index contributed by atoms with van der Waals surface area (Å²) >= 11 is 0. The first-order valence-electron chi connectivity index (χ1n) is 9.17. The molecule has 150 valence electrons. The Hall–Kier alpha value is -3.48. The number of carbonyl (C=O) groups excluding carboxylic acids is 2. The number of amides is 2. The Morgan fingerprint density at radius 3 is 2.34 bits per heavy atom. The minimum atomic E-state index is -0.738. The lowest BCUT2D eigenvalue weighted by Crippen LogP contribution is -2.21. The zero-order valence-corrected chi connectivity index (χ0v) is 16.6. The third-order valence-corrected chi connectivity index (χ3v) is 4.59. The lowest BCUT2D eigenvalue weighted by atomic mass is 9.87. The molecule has 3 rings (SSSR count). The van der Waals surface area contributed by atoms with E-state index in [0.717, 1.165) is 5.56 Å². The number of anilines is 1. The summed E-state index contributed by atoms with van der Waals surface area (Å²) < 4.78 is 15.4. The lowest BCUT2D eigenvalue weighted by molar-refractivity contribution is 0.0993. The van der Waals surface area contributed by atoms with Crippen molar-refractivity contribution in [2.24, 2.45) is 5.73 Å². The highest BCUT2D eigenvalue weighted by molar-refractivity contribution is 6.07. The van der Waals surface area contributed by atoms with Gasteiger partial charge in [-0.1, -0.05) is 57.2 Å². The highest BCUT2D eigenvalue weighted by Crippen LogP contribution is 2.23. The summed E-state index contributed by atoms with van der Waals surface area (Å²) in [5.74, 6) is -2.11. The van der Waals surface area contributed by atoms with Crippen molar-refractivity contribution in [2.75, 3.05) is 5.32 Å². The van der Waals surface area contributed by atoms with Gasteiger partial charge in [0.15, 0.2) is 11.5 Å². The number of halogens is 1. The second-order valence-corrected chi connectivity index (χ2v) is 7.81. The van der Waals surface area contributed by atoms with E-state index >= 15 is 0 Å². The molecular formula is C22H23FN4O2. The van der Waals surface area contributed by atoms with Gasteiger partial charge in [-0.05, 0) is 28.7 Å². The van der Waals surface area contributed by atoms with Crippen LogP contribution in [0.15, 0.2) is 54.9 Å². The Kier molecular flexibility index (Phi) is 5.50. The highest BCUT2D eigenvalue weighted by Gasteiger charge is 2.20. The predicted octanol–water partition coefficient (Wildman–Crippen LogP) is 3.72. The normalized spacial score (nSPS) is 11.3. The number of aromatic nitrogens is 2. The minimum absolute atomic E-state index is 0.00272. The molecule has 2 aromatic carbocycles. The van der Waals surface area contributed by atoms with E-state index in [0.29, 0.717) is 6.54 Å². The summed E-state index contributed by atoms with van der Waals surface area (Å²) in [5.41, 5.74) is 7.60. The van der Waals surface area contributed by atoms with Crippen LogP contribution in [0.25, 0.3) is 0 Å². The van der Waals surface area contributed by atoms with Gasteiger partial charge >= 0.3 is 0 Å². The molecule has 6 nitrogen and oxygen atoms in total. The topological polar surface area (TPSA) is 90.0 Å². The van der Waals surface area contributed by atoms with E-state index in [4.69, 9.17) is 5.73 Å². The number of carbonyl (C=O) groups is 2. The van der Waals surface area contributed by atoms with E-state index in [1.54, 1.807) is 10.6 Å². The molecule has 0 unspecified atom stereocenters. The number of nitrogens with zero attached hydrogens (tertiary/aromatic N) is 2. The molecule has 2 amide bonds. The van der Waals surface area contributed by atoms with E-state index in [9.17, 15) is 14.0 Å². The SMILES string of the molecule is CC(C)(C)c1ccc(Cn2cnc(NC(=O)c3ccccc3F)c2C(N)=O)cc1. The molecule has 0 bridgehead atoms. The maximum absolute atomic E-state index is 13.8. The van der Waals surface area contributed by atoms with Gasteiger partial charge in [0.2, 0.25) is 0 Å². The lowest BCUT2D eigenvalue weighted by Gasteiger charge is -2.19. The van der Waals surface area contributed by atoms with Crippen LogP contribution in [-0.2, 0) is 12.0 Å². The zero-order valence-electron chi connectivity index (χ0n) is 16.6. The first-order valence-corrected chi connectivity index (χ1v) is 9.17. The second kappa shape index (κ2) is 7.87. The largest absolute Gasteiger partial charge is 0.364 e. The molecule has 0 saturated heterocycles. The zero-order chi connectivity index (χ0) is 21.2. The van der Waals surface area contributed by atoms with Gasteiger partial charge < -0.3 is 15.6 Å². The fraction of sp³-hybridized carbons (Fsp3) is 0.227.